The van der Waals surface area contributed by atoms with Gasteiger partial charge in [-0.2, -0.15) is 0 Å². The maximum atomic E-state index is 10.9. The molecule has 0 aliphatic rings. The van der Waals surface area contributed by atoms with Crippen molar-refractivity contribution < 1.29 is 5.11 Å². The van der Waals surface area contributed by atoms with Crippen LogP contribution in [0.4, 0.5) is 5.69 Å². The predicted octanol–water partition coefficient (Wildman–Crippen LogP) is 4.10. The highest BCUT2D eigenvalue weighted by atomic mass is 35.5. The van der Waals surface area contributed by atoms with Crippen molar-refractivity contribution in [2.24, 2.45) is 0 Å². The molecule has 0 aliphatic carbocycles. The van der Waals surface area contributed by atoms with E-state index in [1.807, 2.05) is 62.4 Å². The number of aliphatic hydroxyl groups is 1. The van der Waals surface area contributed by atoms with Crippen molar-refractivity contribution in [1.82, 2.24) is 5.32 Å². The second-order valence-electron chi connectivity index (χ2n) is 5.77. The predicted molar refractivity (Wildman–Crippen MR) is 98.9 cm³/mol. The summed E-state index contributed by atoms with van der Waals surface area (Å²) in [5.74, 6) is -0.118. The first kappa shape index (κ1) is 18.1. The van der Waals surface area contributed by atoms with Crippen molar-refractivity contribution in [3.05, 3.63) is 63.6 Å². The van der Waals surface area contributed by atoms with E-state index in [-0.39, 0.29) is 5.92 Å². The first-order valence-corrected chi connectivity index (χ1v) is 8.24. The zero-order valence-electron chi connectivity index (χ0n) is 13.6. The minimum Gasteiger partial charge on any atom is -0.388 e. The zero-order chi connectivity index (χ0) is 17.0. The van der Waals surface area contributed by atoms with Crippen molar-refractivity contribution in [2.75, 3.05) is 32.6 Å². The summed E-state index contributed by atoms with van der Waals surface area (Å²) in [4.78, 5) is 2.02. The molecule has 0 bridgehead atoms. The minimum absolute atomic E-state index is 0.118. The van der Waals surface area contributed by atoms with Gasteiger partial charge in [0.1, 0.15) is 0 Å². The van der Waals surface area contributed by atoms with Crippen LogP contribution in [0.15, 0.2) is 42.5 Å². The number of nitrogens with zero attached hydrogens (tertiary/aromatic N) is 1. The molecule has 2 rings (SSSR count). The highest BCUT2D eigenvalue weighted by Gasteiger charge is 2.23. The summed E-state index contributed by atoms with van der Waals surface area (Å²) in [6, 6.07) is 13.4. The molecule has 0 amide bonds. The fourth-order valence-corrected chi connectivity index (χ4v) is 2.90. The molecular formula is C18H22Cl2N2O. The Morgan fingerprint density at radius 3 is 2.39 bits per heavy atom. The third kappa shape index (κ3) is 4.39. The maximum absolute atomic E-state index is 10.9. The van der Waals surface area contributed by atoms with Crippen molar-refractivity contribution in [3.63, 3.8) is 0 Å². The summed E-state index contributed by atoms with van der Waals surface area (Å²) >= 11 is 12.1. The summed E-state index contributed by atoms with van der Waals surface area (Å²) in [5.41, 5.74) is 2.89. The molecule has 0 heterocycles. The van der Waals surface area contributed by atoms with E-state index in [4.69, 9.17) is 23.2 Å². The molecule has 2 aromatic rings. The molecule has 0 fully saturated rings. The zero-order valence-corrected chi connectivity index (χ0v) is 15.1. The number of likely N-dealkylation sites (N-methyl/N-ethyl adjacent to an activating group) is 1. The summed E-state index contributed by atoms with van der Waals surface area (Å²) in [5, 5.41) is 15.1. The van der Waals surface area contributed by atoms with Gasteiger partial charge in [-0.1, -0.05) is 41.4 Å². The third-order valence-corrected chi connectivity index (χ3v) is 4.64. The van der Waals surface area contributed by atoms with E-state index in [0.717, 1.165) is 16.8 Å². The van der Waals surface area contributed by atoms with Crippen LogP contribution in [0.3, 0.4) is 0 Å². The van der Waals surface area contributed by atoms with Crippen LogP contribution >= 0.6 is 23.2 Å². The van der Waals surface area contributed by atoms with Crippen molar-refractivity contribution >= 4 is 28.9 Å². The second kappa shape index (κ2) is 8.02. The highest BCUT2D eigenvalue weighted by molar-refractivity contribution is 6.42. The lowest BCUT2D eigenvalue weighted by Gasteiger charge is -2.25. The molecule has 0 unspecified atom stereocenters. The lowest BCUT2D eigenvalue weighted by Crippen LogP contribution is -2.23. The summed E-state index contributed by atoms with van der Waals surface area (Å²) in [6.07, 6.45) is -0.639. The van der Waals surface area contributed by atoms with Crippen molar-refractivity contribution in [3.8, 4) is 0 Å². The van der Waals surface area contributed by atoms with E-state index in [1.54, 1.807) is 6.07 Å². The first-order chi connectivity index (χ1) is 10.9. The van der Waals surface area contributed by atoms with Gasteiger partial charge in [0.05, 0.1) is 16.1 Å². The Morgan fingerprint density at radius 1 is 1.04 bits per heavy atom. The van der Waals surface area contributed by atoms with Crippen LogP contribution in [-0.4, -0.2) is 32.8 Å². The van der Waals surface area contributed by atoms with E-state index >= 15 is 0 Å². The molecule has 0 aromatic heterocycles. The van der Waals surface area contributed by atoms with Crippen LogP contribution in [0.2, 0.25) is 10.0 Å². The molecular weight excluding hydrogens is 331 g/mol. The minimum atomic E-state index is -0.639. The Balaban J connectivity index is 2.36. The molecule has 0 radical (unpaired) electrons. The van der Waals surface area contributed by atoms with Crippen molar-refractivity contribution in [1.29, 1.82) is 0 Å². The van der Waals surface area contributed by atoms with Gasteiger partial charge in [0.25, 0.3) is 0 Å². The summed E-state index contributed by atoms with van der Waals surface area (Å²) in [6.45, 7) is 0.630. The van der Waals surface area contributed by atoms with Gasteiger partial charge in [0.15, 0.2) is 0 Å². The Hall–Kier alpha value is -1.26. The average Bonchev–Trinajstić information content (AvgIpc) is 2.55. The lowest BCUT2D eigenvalue weighted by molar-refractivity contribution is 0.144. The van der Waals surface area contributed by atoms with Gasteiger partial charge in [-0.25, -0.2) is 0 Å². The molecule has 3 nitrogen and oxygen atoms in total. The fraction of sp³-hybridized carbons (Fsp3) is 0.333. The van der Waals surface area contributed by atoms with Crippen LogP contribution in [0.1, 0.15) is 23.1 Å². The topological polar surface area (TPSA) is 35.5 Å². The summed E-state index contributed by atoms with van der Waals surface area (Å²) in [7, 11) is 5.83. The number of nitrogens with one attached hydrogen (secondary N) is 1. The molecule has 124 valence electrons. The molecule has 5 heteroatoms. The van der Waals surface area contributed by atoms with Gasteiger partial charge in [0.2, 0.25) is 0 Å². The van der Waals surface area contributed by atoms with E-state index in [0.29, 0.717) is 16.6 Å². The van der Waals surface area contributed by atoms with E-state index in [1.165, 1.54) is 0 Å². The van der Waals surface area contributed by atoms with Gasteiger partial charge in [0, 0.05) is 32.2 Å². The fourth-order valence-electron chi connectivity index (χ4n) is 2.59. The Labute approximate surface area is 147 Å². The molecule has 0 aliphatic heterocycles. The van der Waals surface area contributed by atoms with Gasteiger partial charge >= 0.3 is 0 Å². The third-order valence-electron chi connectivity index (χ3n) is 3.91. The van der Waals surface area contributed by atoms with Crippen LogP contribution in [0, 0.1) is 0 Å². The number of rotatable bonds is 6. The number of anilines is 1. The van der Waals surface area contributed by atoms with E-state index in [9.17, 15) is 5.11 Å². The van der Waals surface area contributed by atoms with Gasteiger partial charge in [-0.15, -0.1) is 0 Å². The number of aliphatic hydroxyl groups excluding tert-OH is 1. The van der Waals surface area contributed by atoms with Gasteiger partial charge in [-0.3, -0.25) is 0 Å². The molecule has 0 saturated heterocycles. The molecule has 2 aromatic carbocycles. The van der Waals surface area contributed by atoms with E-state index in [2.05, 4.69) is 5.32 Å². The highest BCUT2D eigenvalue weighted by Crippen LogP contribution is 2.34. The van der Waals surface area contributed by atoms with Crippen LogP contribution in [-0.2, 0) is 0 Å². The van der Waals surface area contributed by atoms with Crippen LogP contribution < -0.4 is 10.2 Å². The monoisotopic (exact) mass is 352 g/mol. The molecule has 23 heavy (non-hydrogen) atoms. The second-order valence-corrected chi connectivity index (χ2v) is 6.59. The Morgan fingerprint density at radius 2 is 1.78 bits per heavy atom. The summed E-state index contributed by atoms with van der Waals surface area (Å²) < 4.78 is 0. The standard InChI is InChI=1S/C18H22Cl2N2O/c1-21-11-15(12-7-8-16(19)17(20)10-12)18(23)13-5-4-6-14(9-13)22(2)3/h4-10,15,18,21,23H,11H2,1-3H3/t15-,18-/m0/s1. The van der Waals surface area contributed by atoms with Crippen LogP contribution in [0.25, 0.3) is 0 Å². The Kier molecular flexibility index (Phi) is 6.31. The Bertz CT molecular complexity index is 661. The largest absolute Gasteiger partial charge is 0.388 e. The molecule has 0 spiro atoms. The number of hydrogen-bond donors (Lipinski definition) is 2. The molecule has 0 saturated carbocycles. The average molecular weight is 353 g/mol. The van der Waals surface area contributed by atoms with E-state index < -0.39 is 6.10 Å². The molecule has 2 N–H and O–H groups in total. The number of halogens is 2. The quantitative estimate of drug-likeness (QED) is 0.821. The number of hydrogen-bond acceptors (Lipinski definition) is 3. The smallest absolute Gasteiger partial charge is 0.0871 e. The lowest BCUT2D eigenvalue weighted by atomic mass is 9.89. The van der Waals surface area contributed by atoms with Crippen LogP contribution in [0.5, 0.6) is 0 Å². The van der Waals surface area contributed by atoms with Gasteiger partial charge in [-0.05, 0) is 42.4 Å². The maximum Gasteiger partial charge on any atom is 0.0871 e. The SMILES string of the molecule is CNC[C@@H](c1ccc(Cl)c(Cl)c1)[C@@H](O)c1cccc(N(C)C)c1. The molecule has 2 atom stereocenters. The normalized spacial score (nSPS) is 13.7. The van der Waals surface area contributed by atoms with Gasteiger partial charge < -0.3 is 15.3 Å². The first-order valence-electron chi connectivity index (χ1n) is 7.49. The number of benzene rings is 2. The van der Waals surface area contributed by atoms with Crippen molar-refractivity contribution in [2.45, 2.75) is 12.0 Å².